The molecule has 0 aliphatic carbocycles. The standard InChI is InChI=1S/C9H9NO3S2/c1-3-15(12,13)9-7(5-10)4-8(14-9)6(2)11/h4H,3H2,1-2H3. The summed E-state index contributed by atoms with van der Waals surface area (Å²) in [5, 5.41) is 8.75. The second kappa shape index (κ2) is 4.13. The molecular formula is C9H9NO3S2. The summed E-state index contributed by atoms with van der Waals surface area (Å²) in [4.78, 5) is 11.4. The quantitative estimate of drug-likeness (QED) is 0.756. The Labute approximate surface area is 92.1 Å². The van der Waals surface area contributed by atoms with Gasteiger partial charge in [-0.25, -0.2) is 8.42 Å². The number of carbonyl (C=O) groups is 1. The SMILES string of the molecule is CCS(=O)(=O)c1sc(C(C)=O)cc1C#N. The molecule has 0 fully saturated rings. The fraction of sp³-hybridized carbons (Fsp3) is 0.333. The molecule has 0 aromatic carbocycles. The van der Waals surface area contributed by atoms with Gasteiger partial charge in [-0.1, -0.05) is 6.92 Å². The molecule has 0 amide bonds. The fourth-order valence-electron chi connectivity index (χ4n) is 0.988. The molecule has 1 aromatic rings. The predicted octanol–water partition coefficient (Wildman–Crippen LogP) is 1.62. The highest BCUT2D eigenvalue weighted by Crippen LogP contribution is 2.27. The van der Waals surface area contributed by atoms with Crippen LogP contribution in [0.1, 0.15) is 29.1 Å². The zero-order valence-corrected chi connectivity index (χ0v) is 9.91. The Kier molecular flexibility index (Phi) is 3.27. The number of sulfone groups is 1. The summed E-state index contributed by atoms with van der Waals surface area (Å²) in [5.74, 6) is -0.298. The molecule has 1 rings (SSSR count). The van der Waals surface area contributed by atoms with Crippen molar-refractivity contribution in [3.63, 3.8) is 0 Å². The lowest BCUT2D eigenvalue weighted by Crippen LogP contribution is -2.02. The van der Waals surface area contributed by atoms with E-state index in [4.69, 9.17) is 5.26 Å². The first-order valence-electron chi connectivity index (χ1n) is 4.20. The maximum Gasteiger partial charge on any atom is 0.188 e. The summed E-state index contributed by atoms with van der Waals surface area (Å²) < 4.78 is 23.1. The Morgan fingerprint density at radius 2 is 2.20 bits per heavy atom. The molecule has 0 N–H and O–H groups in total. The van der Waals surface area contributed by atoms with Gasteiger partial charge < -0.3 is 0 Å². The Bertz CT molecular complexity index is 534. The number of hydrogen-bond acceptors (Lipinski definition) is 5. The van der Waals surface area contributed by atoms with E-state index in [1.54, 1.807) is 6.07 Å². The van der Waals surface area contributed by atoms with Crippen LogP contribution in [0.3, 0.4) is 0 Å². The third kappa shape index (κ3) is 2.25. The van der Waals surface area contributed by atoms with Gasteiger partial charge in [-0.15, -0.1) is 11.3 Å². The summed E-state index contributed by atoms with van der Waals surface area (Å²) in [6.07, 6.45) is 0. The summed E-state index contributed by atoms with van der Waals surface area (Å²) in [6, 6.07) is 3.12. The van der Waals surface area contributed by atoms with Crippen LogP contribution in [0.5, 0.6) is 0 Å². The van der Waals surface area contributed by atoms with Gasteiger partial charge >= 0.3 is 0 Å². The van der Waals surface area contributed by atoms with E-state index >= 15 is 0 Å². The molecule has 15 heavy (non-hydrogen) atoms. The van der Waals surface area contributed by atoms with Crippen LogP contribution in [0.15, 0.2) is 10.3 Å². The third-order valence-electron chi connectivity index (χ3n) is 1.83. The van der Waals surface area contributed by atoms with Crippen molar-refractivity contribution in [3.05, 3.63) is 16.5 Å². The summed E-state index contributed by atoms with van der Waals surface area (Å²) in [5.41, 5.74) is 0.0621. The molecule has 1 aromatic heterocycles. The van der Waals surface area contributed by atoms with E-state index in [1.165, 1.54) is 19.9 Å². The topological polar surface area (TPSA) is 75.0 Å². The van der Waals surface area contributed by atoms with Crippen molar-refractivity contribution in [1.82, 2.24) is 0 Å². The Balaban J connectivity index is 3.44. The van der Waals surface area contributed by atoms with E-state index in [0.29, 0.717) is 4.88 Å². The number of nitriles is 1. The van der Waals surface area contributed by atoms with Crippen LogP contribution in [-0.4, -0.2) is 20.0 Å². The molecule has 0 saturated carbocycles. The lowest BCUT2D eigenvalue weighted by atomic mass is 10.3. The van der Waals surface area contributed by atoms with Gasteiger partial charge in [-0.05, 0) is 13.0 Å². The van der Waals surface area contributed by atoms with E-state index in [-0.39, 0.29) is 21.3 Å². The number of nitrogens with zero attached hydrogens (tertiary/aromatic N) is 1. The van der Waals surface area contributed by atoms with Crippen molar-refractivity contribution in [3.8, 4) is 6.07 Å². The minimum absolute atomic E-state index is 0.00213. The highest BCUT2D eigenvalue weighted by atomic mass is 32.2. The first-order chi connectivity index (χ1) is 6.92. The largest absolute Gasteiger partial charge is 0.294 e. The fourth-order valence-corrected chi connectivity index (χ4v) is 3.56. The number of ketones is 1. The van der Waals surface area contributed by atoms with Gasteiger partial charge in [0.25, 0.3) is 0 Å². The van der Waals surface area contributed by atoms with Crippen LogP contribution in [0.25, 0.3) is 0 Å². The summed E-state index contributed by atoms with van der Waals surface area (Å²) in [6.45, 7) is 2.85. The van der Waals surface area contributed by atoms with Crippen LogP contribution in [0, 0.1) is 11.3 Å². The Hall–Kier alpha value is -1.19. The van der Waals surface area contributed by atoms with Crippen LogP contribution >= 0.6 is 11.3 Å². The van der Waals surface area contributed by atoms with Crippen LogP contribution in [-0.2, 0) is 9.84 Å². The molecule has 0 radical (unpaired) electrons. The predicted molar refractivity (Wildman–Crippen MR) is 56.8 cm³/mol. The highest BCUT2D eigenvalue weighted by molar-refractivity contribution is 7.93. The maximum atomic E-state index is 11.6. The lowest BCUT2D eigenvalue weighted by molar-refractivity contribution is 0.102. The Morgan fingerprint density at radius 3 is 2.60 bits per heavy atom. The molecule has 0 spiro atoms. The molecule has 0 unspecified atom stereocenters. The minimum Gasteiger partial charge on any atom is -0.294 e. The average molecular weight is 243 g/mol. The maximum absolute atomic E-state index is 11.6. The van der Waals surface area contributed by atoms with E-state index in [2.05, 4.69) is 0 Å². The second-order valence-electron chi connectivity index (χ2n) is 2.88. The van der Waals surface area contributed by atoms with Crippen LogP contribution < -0.4 is 0 Å². The molecule has 4 nitrogen and oxygen atoms in total. The van der Waals surface area contributed by atoms with Crippen LogP contribution in [0.4, 0.5) is 0 Å². The first-order valence-corrected chi connectivity index (χ1v) is 6.67. The minimum atomic E-state index is -3.41. The van der Waals surface area contributed by atoms with E-state index in [1.807, 2.05) is 0 Å². The van der Waals surface area contributed by atoms with Crippen molar-refractivity contribution < 1.29 is 13.2 Å². The van der Waals surface area contributed by atoms with Gasteiger partial charge in [0, 0.05) is 0 Å². The van der Waals surface area contributed by atoms with Crippen LogP contribution in [0.2, 0.25) is 0 Å². The van der Waals surface area contributed by atoms with Gasteiger partial charge in [0.1, 0.15) is 10.3 Å². The van der Waals surface area contributed by atoms with Gasteiger partial charge in [0.2, 0.25) is 0 Å². The van der Waals surface area contributed by atoms with Crippen molar-refractivity contribution in [2.75, 3.05) is 5.75 Å². The van der Waals surface area contributed by atoms with E-state index < -0.39 is 9.84 Å². The summed E-state index contributed by atoms with van der Waals surface area (Å²) >= 11 is 0.864. The zero-order chi connectivity index (χ0) is 11.6. The number of rotatable bonds is 3. The highest BCUT2D eigenvalue weighted by Gasteiger charge is 2.21. The van der Waals surface area contributed by atoms with E-state index in [9.17, 15) is 13.2 Å². The molecule has 0 atom stereocenters. The number of thiophene rings is 1. The monoisotopic (exact) mass is 243 g/mol. The molecule has 1 heterocycles. The molecular weight excluding hydrogens is 234 g/mol. The normalized spacial score (nSPS) is 11.0. The van der Waals surface area contributed by atoms with Gasteiger partial charge in [0.15, 0.2) is 15.6 Å². The average Bonchev–Trinajstić information content (AvgIpc) is 2.62. The first kappa shape index (κ1) is 11.9. The van der Waals surface area contributed by atoms with E-state index in [0.717, 1.165) is 11.3 Å². The Morgan fingerprint density at radius 1 is 1.60 bits per heavy atom. The van der Waals surface area contributed by atoms with Gasteiger partial charge in [-0.2, -0.15) is 5.26 Å². The molecule has 0 saturated heterocycles. The van der Waals surface area contributed by atoms with Crippen molar-refractivity contribution in [2.45, 2.75) is 18.1 Å². The smallest absolute Gasteiger partial charge is 0.188 e. The zero-order valence-electron chi connectivity index (χ0n) is 8.27. The van der Waals surface area contributed by atoms with Gasteiger partial charge in [-0.3, -0.25) is 4.79 Å². The second-order valence-corrected chi connectivity index (χ2v) is 6.41. The summed E-state index contributed by atoms with van der Waals surface area (Å²) in [7, 11) is -3.41. The number of hydrogen-bond donors (Lipinski definition) is 0. The van der Waals surface area contributed by atoms with Gasteiger partial charge in [0.05, 0.1) is 16.2 Å². The number of Topliss-reactive ketones (excluding diaryl/α,β-unsaturated/α-hetero) is 1. The molecule has 80 valence electrons. The van der Waals surface area contributed by atoms with Crippen molar-refractivity contribution in [2.24, 2.45) is 0 Å². The molecule has 0 bridgehead atoms. The molecule has 0 aliphatic rings. The van der Waals surface area contributed by atoms with Crippen molar-refractivity contribution >= 4 is 27.0 Å². The van der Waals surface area contributed by atoms with Crippen molar-refractivity contribution in [1.29, 1.82) is 5.26 Å². The lowest BCUT2D eigenvalue weighted by Gasteiger charge is -1.95. The molecule has 6 heteroatoms. The molecule has 0 aliphatic heterocycles. The number of carbonyl (C=O) groups excluding carboxylic acids is 1. The third-order valence-corrected chi connectivity index (χ3v) is 5.42.